The zero-order chi connectivity index (χ0) is 13.8. The molecule has 0 radical (unpaired) electrons. The minimum atomic E-state index is 0.0590. The Hall–Kier alpha value is -1.58. The standard InChI is InChI=1S/C15H23N3O/c1-10-3-6-14(11(2)7-10)18-15(19)8-13-5-4-12(16)9-17-13/h4-5,9-11,14H,3,6-8,16H2,1-2H3,(H,18,19). The number of carbonyl (C=O) groups excluding carboxylic acids is 1. The van der Waals surface area contributed by atoms with Crippen molar-refractivity contribution in [3.8, 4) is 0 Å². The molecule has 1 amide bonds. The van der Waals surface area contributed by atoms with Gasteiger partial charge in [0.05, 0.1) is 18.3 Å². The minimum absolute atomic E-state index is 0.0590. The molecule has 1 aromatic heterocycles. The van der Waals surface area contributed by atoms with Gasteiger partial charge in [-0.15, -0.1) is 0 Å². The van der Waals surface area contributed by atoms with Crippen molar-refractivity contribution in [2.75, 3.05) is 5.73 Å². The summed E-state index contributed by atoms with van der Waals surface area (Å²) in [7, 11) is 0. The molecule has 0 aliphatic heterocycles. The first-order valence-electron chi connectivity index (χ1n) is 7.04. The van der Waals surface area contributed by atoms with Crippen molar-refractivity contribution in [1.82, 2.24) is 10.3 Å². The second-order valence-electron chi connectivity index (χ2n) is 5.83. The highest BCUT2D eigenvalue weighted by Gasteiger charge is 2.26. The topological polar surface area (TPSA) is 68.0 Å². The summed E-state index contributed by atoms with van der Waals surface area (Å²) >= 11 is 0. The van der Waals surface area contributed by atoms with Crippen LogP contribution in [0, 0.1) is 11.8 Å². The number of nitrogens with zero attached hydrogens (tertiary/aromatic N) is 1. The van der Waals surface area contributed by atoms with Crippen molar-refractivity contribution in [3.05, 3.63) is 24.0 Å². The zero-order valence-corrected chi connectivity index (χ0v) is 11.7. The molecule has 1 heterocycles. The van der Waals surface area contributed by atoms with Gasteiger partial charge >= 0.3 is 0 Å². The van der Waals surface area contributed by atoms with Crippen LogP contribution < -0.4 is 11.1 Å². The number of aromatic nitrogens is 1. The summed E-state index contributed by atoms with van der Waals surface area (Å²) in [6, 6.07) is 3.90. The van der Waals surface area contributed by atoms with Crippen LogP contribution in [0.5, 0.6) is 0 Å². The van der Waals surface area contributed by atoms with Gasteiger partial charge in [0.25, 0.3) is 0 Å². The van der Waals surface area contributed by atoms with Gasteiger partial charge < -0.3 is 11.1 Å². The number of nitrogens with one attached hydrogen (secondary N) is 1. The summed E-state index contributed by atoms with van der Waals surface area (Å²) in [5.41, 5.74) is 6.97. The quantitative estimate of drug-likeness (QED) is 0.876. The van der Waals surface area contributed by atoms with Gasteiger partial charge in [-0.2, -0.15) is 0 Å². The Morgan fingerprint density at radius 2 is 2.21 bits per heavy atom. The lowest BCUT2D eigenvalue weighted by atomic mass is 9.80. The molecule has 0 saturated heterocycles. The van der Waals surface area contributed by atoms with Gasteiger partial charge in [0.15, 0.2) is 0 Å². The SMILES string of the molecule is CC1CCC(NC(=O)Cc2ccc(N)cn2)C(C)C1. The third-order valence-corrected chi connectivity index (χ3v) is 3.97. The molecule has 1 saturated carbocycles. The number of nitrogen functional groups attached to an aromatic ring is 1. The van der Waals surface area contributed by atoms with Crippen molar-refractivity contribution in [3.63, 3.8) is 0 Å². The van der Waals surface area contributed by atoms with E-state index >= 15 is 0 Å². The van der Waals surface area contributed by atoms with Gasteiger partial charge in [-0.3, -0.25) is 9.78 Å². The van der Waals surface area contributed by atoms with E-state index in [0.717, 1.165) is 18.0 Å². The molecule has 4 heteroatoms. The highest BCUT2D eigenvalue weighted by Crippen LogP contribution is 2.28. The summed E-state index contributed by atoms with van der Waals surface area (Å²) in [4.78, 5) is 16.2. The van der Waals surface area contributed by atoms with E-state index in [4.69, 9.17) is 5.73 Å². The average Bonchev–Trinajstić information content (AvgIpc) is 2.36. The highest BCUT2D eigenvalue weighted by atomic mass is 16.1. The Morgan fingerprint density at radius 1 is 1.42 bits per heavy atom. The molecule has 1 fully saturated rings. The fraction of sp³-hybridized carbons (Fsp3) is 0.600. The Morgan fingerprint density at radius 3 is 2.84 bits per heavy atom. The summed E-state index contributed by atoms with van der Waals surface area (Å²) in [6.07, 6.45) is 5.41. The molecule has 3 atom stereocenters. The first-order chi connectivity index (χ1) is 9.04. The van der Waals surface area contributed by atoms with Crippen LogP contribution >= 0.6 is 0 Å². The van der Waals surface area contributed by atoms with Crippen molar-refractivity contribution in [2.45, 2.75) is 45.6 Å². The van der Waals surface area contributed by atoms with E-state index in [-0.39, 0.29) is 5.91 Å². The smallest absolute Gasteiger partial charge is 0.226 e. The molecule has 1 aliphatic carbocycles. The second kappa shape index (κ2) is 6.04. The maximum atomic E-state index is 12.0. The number of pyridine rings is 1. The van der Waals surface area contributed by atoms with Gasteiger partial charge in [0.1, 0.15) is 0 Å². The van der Waals surface area contributed by atoms with Crippen LogP contribution in [-0.4, -0.2) is 16.9 Å². The first-order valence-corrected chi connectivity index (χ1v) is 7.04. The van der Waals surface area contributed by atoms with E-state index < -0.39 is 0 Å². The molecular formula is C15H23N3O. The Kier molecular flexibility index (Phi) is 4.40. The number of anilines is 1. The lowest BCUT2D eigenvalue weighted by Gasteiger charge is -2.33. The number of carbonyl (C=O) groups is 1. The molecule has 0 bridgehead atoms. The van der Waals surface area contributed by atoms with E-state index in [0.29, 0.717) is 24.1 Å². The lowest BCUT2D eigenvalue weighted by Crippen LogP contribution is -2.43. The Bertz CT molecular complexity index is 430. The van der Waals surface area contributed by atoms with Crippen LogP contribution in [-0.2, 0) is 11.2 Å². The van der Waals surface area contributed by atoms with Crippen LogP contribution in [0.3, 0.4) is 0 Å². The van der Waals surface area contributed by atoms with Crippen molar-refractivity contribution >= 4 is 11.6 Å². The Balaban J connectivity index is 1.85. The third kappa shape index (κ3) is 3.94. The maximum Gasteiger partial charge on any atom is 0.226 e. The molecule has 0 aromatic carbocycles. The van der Waals surface area contributed by atoms with Crippen LogP contribution in [0.25, 0.3) is 0 Å². The lowest BCUT2D eigenvalue weighted by molar-refractivity contribution is -0.121. The summed E-state index contributed by atoms with van der Waals surface area (Å²) in [5.74, 6) is 1.40. The van der Waals surface area contributed by atoms with Gasteiger partial charge in [-0.05, 0) is 43.2 Å². The molecular weight excluding hydrogens is 238 g/mol. The molecule has 3 N–H and O–H groups in total. The van der Waals surface area contributed by atoms with E-state index in [1.165, 1.54) is 12.8 Å². The molecule has 2 rings (SSSR count). The van der Waals surface area contributed by atoms with Gasteiger partial charge in [-0.1, -0.05) is 13.8 Å². The molecule has 4 nitrogen and oxygen atoms in total. The predicted molar refractivity (Wildman–Crippen MR) is 76.5 cm³/mol. The van der Waals surface area contributed by atoms with Crippen molar-refractivity contribution < 1.29 is 4.79 Å². The number of amides is 1. The fourth-order valence-corrected chi connectivity index (χ4v) is 2.84. The monoisotopic (exact) mass is 261 g/mol. The summed E-state index contributed by atoms with van der Waals surface area (Å²) < 4.78 is 0. The van der Waals surface area contributed by atoms with Crippen LogP contribution in [0.4, 0.5) is 5.69 Å². The maximum absolute atomic E-state index is 12.0. The first kappa shape index (κ1) is 13.8. The van der Waals surface area contributed by atoms with Crippen molar-refractivity contribution in [2.24, 2.45) is 11.8 Å². The van der Waals surface area contributed by atoms with Crippen LogP contribution in [0.2, 0.25) is 0 Å². The zero-order valence-electron chi connectivity index (χ0n) is 11.7. The normalized spacial score (nSPS) is 26.9. The fourth-order valence-electron chi connectivity index (χ4n) is 2.84. The van der Waals surface area contributed by atoms with E-state index in [1.807, 2.05) is 0 Å². The molecule has 1 aromatic rings. The molecule has 3 unspecified atom stereocenters. The molecule has 19 heavy (non-hydrogen) atoms. The second-order valence-corrected chi connectivity index (χ2v) is 5.83. The average molecular weight is 261 g/mol. The Labute approximate surface area is 114 Å². The van der Waals surface area contributed by atoms with E-state index in [1.54, 1.807) is 18.3 Å². The van der Waals surface area contributed by atoms with Crippen LogP contribution in [0.15, 0.2) is 18.3 Å². The molecule has 0 spiro atoms. The van der Waals surface area contributed by atoms with Gasteiger partial charge in [0.2, 0.25) is 5.91 Å². The number of hydrogen-bond donors (Lipinski definition) is 2. The number of nitrogens with two attached hydrogens (primary N) is 1. The third-order valence-electron chi connectivity index (χ3n) is 3.97. The van der Waals surface area contributed by atoms with Gasteiger partial charge in [-0.25, -0.2) is 0 Å². The van der Waals surface area contributed by atoms with E-state index in [2.05, 4.69) is 24.1 Å². The van der Waals surface area contributed by atoms with Crippen LogP contribution in [0.1, 0.15) is 38.8 Å². The number of hydrogen-bond acceptors (Lipinski definition) is 3. The van der Waals surface area contributed by atoms with Crippen molar-refractivity contribution in [1.29, 1.82) is 0 Å². The summed E-state index contributed by atoms with van der Waals surface area (Å²) in [6.45, 7) is 4.51. The predicted octanol–water partition coefficient (Wildman–Crippen LogP) is 2.15. The molecule has 104 valence electrons. The summed E-state index contributed by atoms with van der Waals surface area (Å²) in [5, 5.41) is 3.14. The minimum Gasteiger partial charge on any atom is -0.397 e. The number of rotatable bonds is 3. The van der Waals surface area contributed by atoms with E-state index in [9.17, 15) is 4.79 Å². The highest BCUT2D eigenvalue weighted by molar-refractivity contribution is 5.78. The largest absolute Gasteiger partial charge is 0.397 e. The van der Waals surface area contributed by atoms with Gasteiger partial charge in [0, 0.05) is 11.7 Å². The molecule has 1 aliphatic rings.